The third-order valence-corrected chi connectivity index (χ3v) is 5.66. The van der Waals surface area contributed by atoms with Crippen LogP contribution in [-0.2, 0) is 16.1 Å². The van der Waals surface area contributed by atoms with Gasteiger partial charge in [0.05, 0.1) is 19.4 Å². The Kier molecular flexibility index (Phi) is 9.53. The van der Waals surface area contributed by atoms with Gasteiger partial charge in [0.1, 0.15) is 0 Å². The SMILES string of the molecule is CC(CN)NCc1cn[nH]c1C1CCC(N2CCOCC2)CC1.O=C(O)C(F)(F)F. The number of H-pyrrole nitrogens is 1. The second-order valence-electron chi connectivity index (χ2n) is 7.78. The highest BCUT2D eigenvalue weighted by molar-refractivity contribution is 5.73. The largest absolute Gasteiger partial charge is 0.490 e. The average Bonchev–Trinajstić information content (AvgIpc) is 3.21. The molecule has 172 valence electrons. The van der Waals surface area contributed by atoms with Gasteiger partial charge in [0.25, 0.3) is 0 Å². The van der Waals surface area contributed by atoms with Crippen LogP contribution in [0.1, 0.15) is 49.8 Å². The molecule has 2 aliphatic rings. The lowest BCUT2D eigenvalue weighted by Crippen LogP contribution is -2.44. The fourth-order valence-electron chi connectivity index (χ4n) is 3.86. The number of aromatic amines is 1. The van der Waals surface area contributed by atoms with Crippen LogP contribution in [0.5, 0.6) is 0 Å². The molecule has 3 rings (SSSR count). The summed E-state index contributed by atoms with van der Waals surface area (Å²) in [6.45, 7) is 7.64. The van der Waals surface area contributed by atoms with Gasteiger partial charge in [-0.2, -0.15) is 18.3 Å². The van der Waals surface area contributed by atoms with Gasteiger partial charge < -0.3 is 20.9 Å². The zero-order valence-corrected chi connectivity index (χ0v) is 17.2. The van der Waals surface area contributed by atoms with E-state index in [2.05, 4.69) is 27.3 Å². The lowest BCUT2D eigenvalue weighted by atomic mass is 9.82. The monoisotopic (exact) mass is 435 g/mol. The number of hydrogen-bond donors (Lipinski definition) is 4. The number of alkyl halides is 3. The van der Waals surface area contributed by atoms with E-state index >= 15 is 0 Å². The molecule has 2 fully saturated rings. The number of carboxylic acids is 1. The highest BCUT2D eigenvalue weighted by atomic mass is 19.4. The lowest BCUT2D eigenvalue weighted by Gasteiger charge is -2.38. The van der Waals surface area contributed by atoms with E-state index < -0.39 is 12.1 Å². The molecule has 1 saturated heterocycles. The number of nitrogens with one attached hydrogen (secondary N) is 2. The zero-order chi connectivity index (χ0) is 22.1. The molecule has 1 saturated carbocycles. The Morgan fingerprint density at radius 1 is 1.37 bits per heavy atom. The maximum Gasteiger partial charge on any atom is 0.490 e. The summed E-state index contributed by atoms with van der Waals surface area (Å²) < 4.78 is 37.2. The van der Waals surface area contributed by atoms with Crippen LogP contribution in [-0.4, -0.2) is 77.3 Å². The molecule has 8 nitrogen and oxygen atoms in total. The van der Waals surface area contributed by atoms with Gasteiger partial charge in [-0.05, 0) is 32.6 Å². The number of aromatic nitrogens is 2. The third kappa shape index (κ3) is 7.53. The molecule has 0 radical (unpaired) electrons. The first-order chi connectivity index (χ1) is 14.2. The highest BCUT2D eigenvalue weighted by Crippen LogP contribution is 2.35. The van der Waals surface area contributed by atoms with Crippen molar-refractivity contribution < 1.29 is 27.8 Å². The number of aliphatic carboxylic acids is 1. The van der Waals surface area contributed by atoms with Crippen LogP contribution in [0.4, 0.5) is 13.2 Å². The van der Waals surface area contributed by atoms with Crippen LogP contribution in [0, 0.1) is 0 Å². The number of hydrogen-bond acceptors (Lipinski definition) is 6. The van der Waals surface area contributed by atoms with Crippen LogP contribution in [0.25, 0.3) is 0 Å². The first-order valence-corrected chi connectivity index (χ1v) is 10.3. The van der Waals surface area contributed by atoms with Gasteiger partial charge in [-0.1, -0.05) is 0 Å². The predicted octanol–water partition coefficient (Wildman–Crippen LogP) is 1.84. The molecule has 1 aromatic rings. The van der Waals surface area contributed by atoms with E-state index in [-0.39, 0.29) is 0 Å². The maximum absolute atomic E-state index is 10.6. The first kappa shape index (κ1) is 24.6. The number of carboxylic acid groups (broad SMARTS) is 1. The van der Waals surface area contributed by atoms with Gasteiger partial charge in [0.2, 0.25) is 0 Å². The molecule has 30 heavy (non-hydrogen) atoms. The molecule has 0 spiro atoms. The van der Waals surface area contributed by atoms with Crippen LogP contribution in [0.15, 0.2) is 6.20 Å². The average molecular weight is 435 g/mol. The van der Waals surface area contributed by atoms with Crippen LogP contribution >= 0.6 is 0 Å². The number of morpholine rings is 1. The molecule has 11 heteroatoms. The van der Waals surface area contributed by atoms with E-state index in [0.717, 1.165) is 38.9 Å². The fraction of sp³-hybridized carbons (Fsp3) is 0.789. The Bertz CT molecular complexity index is 642. The van der Waals surface area contributed by atoms with Crippen molar-refractivity contribution in [3.05, 3.63) is 17.5 Å². The summed E-state index contributed by atoms with van der Waals surface area (Å²) in [7, 11) is 0. The zero-order valence-electron chi connectivity index (χ0n) is 17.2. The van der Waals surface area contributed by atoms with Crippen LogP contribution in [0.3, 0.4) is 0 Å². The number of carbonyl (C=O) groups is 1. The van der Waals surface area contributed by atoms with Gasteiger partial charge >= 0.3 is 12.1 Å². The van der Waals surface area contributed by atoms with Crippen molar-refractivity contribution >= 4 is 5.97 Å². The minimum atomic E-state index is -5.08. The summed E-state index contributed by atoms with van der Waals surface area (Å²) in [4.78, 5) is 11.5. The molecule has 1 unspecified atom stereocenters. The summed E-state index contributed by atoms with van der Waals surface area (Å²) in [5, 5.41) is 18.1. The third-order valence-electron chi connectivity index (χ3n) is 5.66. The first-order valence-electron chi connectivity index (χ1n) is 10.3. The van der Waals surface area contributed by atoms with Crippen molar-refractivity contribution in [2.75, 3.05) is 32.8 Å². The van der Waals surface area contributed by atoms with E-state index in [1.54, 1.807) is 0 Å². The molecule has 0 aromatic carbocycles. The molecule has 0 bridgehead atoms. The molecular formula is C19H32F3N5O3. The second kappa shape index (κ2) is 11.6. The molecule has 5 N–H and O–H groups in total. The van der Waals surface area contributed by atoms with E-state index in [1.807, 2.05) is 6.20 Å². The Labute approximate surface area is 174 Å². The number of nitrogens with zero attached hydrogens (tertiary/aromatic N) is 2. The van der Waals surface area contributed by atoms with E-state index in [1.165, 1.54) is 36.9 Å². The summed E-state index contributed by atoms with van der Waals surface area (Å²) in [6.07, 6.45) is 1.97. The highest BCUT2D eigenvalue weighted by Gasteiger charge is 2.38. The summed E-state index contributed by atoms with van der Waals surface area (Å²) in [5.74, 6) is -2.13. The van der Waals surface area contributed by atoms with Crippen molar-refractivity contribution in [3.8, 4) is 0 Å². The van der Waals surface area contributed by atoms with Gasteiger partial charge in [0.15, 0.2) is 0 Å². The molecule has 2 heterocycles. The molecule has 1 aliphatic carbocycles. The molecule has 1 aromatic heterocycles. The fourth-order valence-corrected chi connectivity index (χ4v) is 3.86. The second-order valence-corrected chi connectivity index (χ2v) is 7.78. The lowest BCUT2D eigenvalue weighted by molar-refractivity contribution is -0.192. The smallest absolute Gasteiger partial charge is 0.475 e. The topological polar surface area (TPSA) is 116 Å². The molecule has 1 aliphatic heterocycles. The minimum Gasteiger partial charge on any atom is -0.475 e. The normalized spacial score (nSPS) is 24.0. The van der Waals surface area contributed by atoms with Crippen LogP contribution in [0.2, 0.25) is 0 Å². The number of rotatable bonds is 6. The summed E-state index contributed by atoms with van der Waals surface area (Å²) >= 11 is 0. The quantitative estimate of drug-likeness (QED) is 0.539. The number of halogens is 3. The number of nitrogens with two attached hydrogens (primary N) is 1. The molecule has 0 amide bonds. The van der Waals surface area contributed by atoms with Gasteiger partial charge in [-0.3, -0.25) is 10.00 Å². The van der Waals surface area contributed by atoms with Crippen molar-refractivity contribution in [1.29, 1.82) is 0 Å². The molecule has 1 atom stereocenters. The summed E-state index contributed by atoms with van der Waals surface area (Å²) in [6, 6.07) is 1.09. The minimum absolute atomic E-state index is 0.342. The van der Waals surface area contributed by atoms with E-state index in [9.17, 15) is 13.2 Å². The maximum atomic E-state index is 10.6. The standard InChI is InChI=1S/C17H31N5O.C2HF3O2/c1-13(10-18)19-11-15-12-20-21-17(15)14-2-4-16(5-3-14)22-6-8-23-9-7-22;3-2(4,5)1(6)7/h12-14,16,19H,2-11,18H2,1H3,(H,20,21);(H,6,7). The van der Waals surface area contributed by atoms with Crippen molar-refractivity contribution in [2.24, 2.45) is 5.73 Å². The van der Waals surface area contributed by atoms with E-state index in [0.29, 0.717) is 18.5 Å². The van der Waals surface area contributed by atoms with Crippen molar-refractivity contribution in [1.82, 2.24) is 20.4 Å². The Balaban J connectivity index is 0.000000396. The number of ether oxygens (including phenoxy) is 1. The van der Waals surface area contributed by atoms with Gasteiger partial charge in [-0.15, -0.1) is 0 Å². The van der Waals surface area contributed by atoms with Gasteiger partial charge in [-0.25, -0.2) is 4.79 Å². The Hall–Kier alpha value is -1.69. The Morgan fingerprint density at radius 2 is 1.97 bits per heavy atom. The Morgan fingerprint density at radius 3 is 2.50 bits per heavy atom. The molecular weight excluding hydrogens is 403 g/mol. The van der Waals surface area contributed by atoms with Crippen molar-refractivity contribution in [2.45, 2.75) is 63.3 Å². The van der Waals surface area contributed by atoms with Crippen molar-refractivity contribution in [3.63, 3.8) is 0 Å². The van der Waals surface area contributed by atoms with Gasteiger partial charge in [0, 0.05) is 55.4 Å². The van der Waals surface area contributed by atoms with Crippen LogP contribution < -0.4 is 11.1 Å². The predicted molar refractivity (Wildman–Crippen MR) is 105 cm³/mol. The summed E-state index contributed by atoms with van der Waals surface area (Å²) in [5.41, 5.74) is 8.32. The van der Waals surface area contributed by atoms with E-state index in [4.69, 9.17) is 20.4 Å².